The van der Waals surface area contributed by atoms with Crippen molar-refractivity contribution in [3.63, 3.8) is 0 Å². The van der Waals surface area contributed by atoms with Gasteiger partial charge >= 0.3 is 0 Å². The predicted molar refractivity (Wildman–Crippen MR) is 91.1 cm³/mol. The quantitative estimate of drug-likeness (QED) is 0.870. The predicted octanol–water partition coefficient (Wildman–Crippen LogP) is 2.65. The number of hydrogen-bond acceptors (Lipinski definition) is 3. The molecule has 0 spiro atoms. The molecule has 3 N–H and O–H groups in total. The van der Waals surface area contributed by atoms with E-state index in [9.17, 15) is 9.18 Å². The molecule has 1 heterocycles. The Morgan fingerprint density at radius 3 is 2.75 bits per heavy atom. The zero-order valence-electron chi connectivity index (χ0n) is 14.1. The number of carbonyl (C=O) groups excluding carboxylic acids is 1. The summed E-state index contributed by atoms with van der Waals surface area (Å²) in [6.07, 6.45) is 6.54. The molecule has 132 valence electrons. The summed E-state index contributed by atoms with van der Waals surface area (Å²) in [6, 6.07) is 6.83. The molecule has 4 nitrogen and oxygen atoms in total. The van der Waals surface area contributed by atoms with E-state index in [0.29, 0.717) is 13.1 Å². The third kappa shape index (κ3) is 3.78. The second-order valence-corrected chi connectivity index (χ2v) is 7.13. The lowest BCUT2D eigenvalue weighted by atomic mass is 9.69. The number of ether oxygens (including phenoxy) is 1. The monoisotopic (exact) mass is 334 g/mol. The van der Waals surface area contributed by atoms with Crippen molar-refractivity contribution >= 4 is 5.91 Å². The Morgan fingerprint density at radius 1 is 1.29 bits per heavy atom. The molecule has 1 saturated carbocycles. The molecule has 3 rings (SSSR count). The molecule has 0 bridgehead atoms. The maximum absolute atomic E-state index is 13.7. The van der Waals surface area contributed by atoms with Crippen LogP contribution in [0, 0.1) is 5.82 Å². The lowest BCUT2D eigenvalue weighted by molar-refractivity contribution is -0.132. The van der Waals surface area contributed by atoms with E-state index in [-0.39, 0.29) is 23.2 Å². The highest BCUT2D eigenvalue weighted by molar-refractivity contribution is 5.81. The Labute approximate surface area is 142 Å². The van der Waals surface area contributed by atoms with Crippen molar-refractivity contribution < 1.29 is 13.9 Å². The van der Waals surface area contributed by atoms with E-state index >= 15 is 0 Å². The van der Waals surface area contributed by atoms with Crippen LogP contribution in [0.1, 0.15) is 50.5 Å². The Morgan fingerprint density at radius 2 is 2.08 bits per heavy atom. The van der Waals surface area contributed by atoms with Crippen LogP contribution in [-0.4, -0.2) is 31.2 Å². The zero-order chi connectivity index (χ0) is 17.0. The number of amides is 1. The molecule has 5 heteroatoms. The van der Waals surface area contributed by atoms with E-state index in [1.807, 2.05) is 6.07 Å². The first-order valence-corrected chi connectivity index (χ1v) is 9.02. The number of nitrogens with one attached hydrogen (secondary N) is 1. The first kappa shape index (κ1) is 17.4. The van der Waals surface area contributed by atoms with Gasteiger partial charge in [0.15, 0.2) is 0 Å². The van der Waals surface area contributed by atoms with Gasteiger partial charge in [-0.15, -0.1) is 0 Å². The highest BCUT2D eigenvalue weighted by Gasteiger charge is 2.36. The molecule has 1 aromatic rings. The van der Waals surface area contributed by atoms with Gasteiger partial charge in [-0.3, -0.25) is 4.79 Å². The lowest BCUT2D eigenvalue weighted by Gasteiger charge is -2.38. The lowest BCUT2D eigenvalue weighted by Crippen LogP contribution is -2.45. The fraction of sp³-hybridized carbons (Fsp3) is 0.632. The van der Waals surface area contributed by atoms with Crippen LogP contribution in [-0.2, 0) is 14.9 Å². The van der Waals surface area contributed by atoms with E-state index in [1.165, 1.54) is 12.5 Å². The van der Waals surface area contributed by atoms with E-state index in [4.69, 9.17) is 10.5 Å². The van der Waals surface area contributed by atoms with Gasteiger partial charge < -0.3 is 15.8 Å². The Kier molecular flexibility index (Phi) is 5.51. The van der Waals surface area contributed by atoms with Crippen LogP contribution in [0.4, 0.5) is 4.39 Å². The molecule has 1 aromatic carbocycles. The smallest absolute Gasteiger partial charge is 0.249 e. The van der Waals surface area contributed by atoms with Crippen molar-refractivity contribution in [3.8, 4) is 0 Å². The van der Waals surface area contributed by atoms with Crippen LogP contribution in [0.5, 0.6) is 0 Å². The topological polar surface area (TPSA) is 64.4 Å². The summed E-state index contributed by atoms with van der Waals surface area (Å²) < 4.78 is 19.4. The van der Waals surface area contributed by atoms with Crippen molar-refractivity contribution in [2.45, 2.75) is 62.6 Å². The third-order valence-electron chi connectivity index (χ3n) is 5.51. The normalized spacial score (nSPS) is 26.2. The highest BCUT2D eigenvalue weighted by Crippen LogP contribution is 2.39. The van der Waals surface area contributed by atoms with Gasteiger partial charge in [0.2, 0.25) is 5.91 Å². The fourth-order valence-electron chi connectivity index (χ4n) is 4.06. The van der Waals surface area contributed by atoms with Gasteiger partial charge in [-0.05, 0) is 43.4 Å². The van der Waals surface area contributed by atoms with Gasteiger partial charge in [0, 0.05) is 18.5 Å². The minimum absolute atomic E-state index is 0.00684. The van der Waals surface area contributed by atoms with Crippen LogP contribution in [0.2, 0.25) is 0 Å². The van der Waals surface area contributed by atoms with Crippen LogP contribution in [0.15, 0.2) is 24.3 Å². The molecule has 1 aliphatic heterocycles. The molecule has 1 amide bonds. The van der Waals surface area contributed by atoms with Crippen LogP contribution < -0.4 is 11.1 Å². The molecule has 24 heavy (non-hydrogen) atoms. The van der Waals surface area contributed by atoms with Gasteiger partial charge in [0.1, 0.15) is 11.9 Å². The summed E-state index contributed by atoms with van der Waals surface area (Å²) in [7, 11) is 0. The van der Waals surface area contributed by atoms with Crippen molar-refractivity contribution in [1.29, 1.82) is 0 Å². The summed E-state index contributed by atoms with van der Waals surface area (Å²) in [5, 5.41) is 3.07. The second kappa shape index (κ2) is 7.62. The average Bonchev–Trinajstić information content (AvgIpc) is 3.10. The molecule has 2 atom stereocenters. The van der Waals surface area contributed by atoms with E-state index in [0.717, 1.165) is 44.1 Å². The average molecular weight is 334 g/mol. The minimum atomic E-state index is -0.397. The van der Waals surface area contributed by atoms with Gasteiger partial charge in [0.25, 0.3) is 0 Å². The number of benzene rings is 1. The summed E-state index contributed by atoms with van der Waals surface area (Å²) in [5.74, 6) is -0.277. The number of halogens is 1. The molecule has 0 radical (unpaired) electrons. The molecule has 1 aliphatic carbocycles. The van der Waals surface area contributed by atoms with Crippen molar-refractivity contribution in [2.24, 2.45) is 5.73 Å². The van der Waals surface area contributed by atoms with Gasteiger partial charge in [-0.2, -0.15) is 0 Å². The van der Waals surface area contributed by atoms with Crippen LogP contribution >= 0.6 is 0 Å². The van der Waals surface area contributed by atoms with Crippen LogP contribution in [0.3, 0.4) is 0 Å². The van der Waals surface area contributed by atoms with E-state index < -0.39 is 6.10 Å². The van der Waals surface area contributed by atoms with Gasteiger partial charge in [-0.25, -0.2) is 4.39 Å². The molecule has 2 aliphatic rings. The largest absolute Gasteiger partial charge is 0.364 e. The second-order valence-electron chi connectivity index (χ2n) is 7.13. The summed E-state index contributed by atoms with van der Waals surface area (Å²) in [5.41, 5.74) is 6.44. The minimum Gasteiger partial charge on any atom is -0.364 e. The number of rotatable bonds is 5. The highest BCUT2D eigenvalue weighted by atomic mass is 19.1. The Bertz CT molecular complexity index is 572. The number of nitrogens with two attached hydrogens (primary N) is 1. The summed E-state index contributed by atoms with van der Waals surface area (Å²) >= 11 is 0. The van der Waals surface area contributed by atoms with E-state index in [1.54, 1.807) is 12.1 Å². The first-order valence-electron chi connectivity index (χ1n) is 9.02. The summed E-state index contributed by atoms with van der Waals surface area (Å²) in [4.78, 5) is 12.4. The van der Waals surface area contributed by atoms with Crippen LogP contribution in [0.25, 0.3) is 0 Å². The Hall–Kier alpha value is -1.46. The van der Waals surface area contributed by atoms with E-state index in [2.05, 4.69) is 5.32 Å². The molecule has 1 saturated heterocycles. The van der Waals surface area contributed by atoms with Gasteiger partial charge in [0.05, 0.1) is 6.10 Å². The number of hydrogen-bond donors (Lipinski definition) is 2. The van der Waals surface area contributed by atoms with Gasteiger partial charge in [-0.1, -0.05) is 31.4 Å². The number of carbonyl (C=O) groups is 1. The third-order valence-corrected chi connectivity index (χ3v) is 5.51. The maximum Gasteiger partial charge on any atom is 0.249 e. The SMILES string of the molecule is NC[C@H]1CC[C@@H](C(=O)NCC2(c3cccc(F)c3)CCCCC2)O1. The molecular weight excluding hydrogens is 307 g/mol. The molecular formula is C19H27FN2O2. The standard InChI is InChI=1S/C19H27FN2O2/c20-15-6-4-5-14(11-15)19(9-2-1-3-10-19)13-22-18(23)17-8-7-16(12-21)24-17/h4-6,11,16-17H,1-3,7-10,12-13,21H2,(H,22,23)/t16-,17+/m1/s1. The maximum atomic E-state index is 13.7. The molecule has 0 unspecified atom stereocenters. The Balaban J connectivity index is 1.68. The fourth-order valence-corrected chi connectivity index (χ4v) is 4.06. The first-order chi connectivity index (χ1) is 11.6. The van der Waals surface area contributed by atoms with Crippen molar-refractivity contribution in [2.75, 3.05) is 13.1 Å². The van der Waals surface area contributed by atoms with Crippen molar-refractivity contribution in [1.82, 2.24) is 5.32 Å². The molecule has 2 fully saturated rings. The zero-order valence-corrected chi connectivity index (χ0v) is 14.1. The summed E-state index contributed by atoms with van der Waals surface area (Å²) in [6.45, 7) is 0.999. The molecule has 0 aromatic heterocycles. The van der Waals surface area contributed by atoms with Crippen molar-refractivity contribution in [3.05, 3.63) is 35.6 Å².